The van der Waals surface area contributed by atoms with Gasteiger partial charge in [-0.1, -0.05) is 0 Å². The van der Waals surface area contributed by atoms with Gasteiger partial charge in [-0.2, -0.15) is 13.2 Å². The Hall–Kier alpha value is -1.83. The molecule has 2 aliphatic heterocycles. The molecule has 0 spiro atoms. The zero-order valence-corrected chi connectivity index (χ0v) is 15.0. The van der Waals surface area contributed by atoms with Crippen molar-refractivity contribution < 1.29 is 18.0 Å². The molecular weight excluding hydrogens is 345 g/mol. The Morgan fingerprint density at radius 3 is 2.54 bits per heavy atom. The van der Waals surface area contributed by atoms with E-state index in [1.165, 1.54) is 0 Å². The molecule has 142 valence electrons. The Morgan fingerprint density at radius 1 is 1.23 bits per heavy atom. The first-order chi connectivity index (χ1) is 12.3. The van der Waals surface area contributed by atoms with E-state index >= 15 is 0 Å². The van der Waals surface area contributed by atoms with E-state index in [4.69, 9.17) is 0 Å². The van der Waals surface area contributed by atoms with Crippen LogP contribution in [-0.2, 0) is 11.0 Å². The molecule has 3 aliphatic rings. The van der Waals surface area contributed by atoms with Crippen molar-refractivity contribution in [3.8, 4) is 0 Å². The van der Waals surface area contributed by atoms with Crippen LogP contribution in [0.4, 0.5) is 24.7 Å². The minimum absolute atomic E-state index is 0.0110. The fourth-order valence-electron chi connectivity index (χ4n) is 4.04. The Morgan fingerprint density at radius 2 is 1.96 bits per heavy atom. The van der Waals surface area contributed by atoms with Crippen molar-refractivity contribution >= 4 is 17.4 Å². The molecule has 3 heterocycles. The van der Waals surface area contributed by atoms with Crippen molar-refractivity contribution in [1.82, 2.24) is 9.88 Å². The van der Waals surface area contributed by atoms with Gasteiger partial charge in [0.25, 0.3) is 5.91 Å². The van der Waals surface area contributed by atoms with Crippen molar-refractivity contribution in [1.29, 1.82) is 0 Å². The van der Waals surface area contributed by atoms with Gasteiger partial charge in [-0.15, -0.1) is 0 Å². The van der Waals surface area contributed by atoms with Gasteiger partial charge in [0.2, 0.25) is 0 Å². The molecule has 5 nitrogen and oxygen atoms in total. The third kappa shape index (κ3) is 2.74. The summed E-state index contributed by atoms with van der Waals surface area (Å²) in [4.78, 5) is 23.1. The first kappa shape index (κ1) is 17.6. The van der Waals surface area contributed by atoms with Crippen LogP contribution in [0.2, 0.25) is 0 Å². The first-order valence-corrected chi connectivity index (χ1v) is 9.18. The van der Waals surface area contributed by atoms with Crippen molar-refractivity contribution in [2.75, 3.05) is 29.4 Å². The summed E-state index contributed by atoms with van der Waals surface area (Å²) in [6.45, 7) is 6.14. The molecule has 0 radical (unpaired) electrons. The maximum atomic E-state index is 13.2. The van der Waals surface area contributed by atoms with E-state index in [2.05, 4.69) is 23.7 Å². The number of piperazine rings is 1. The fourth-order valence-corrected chi connectivity index (χ4v) is 4.04. The van der Waals surface area contributed by atoms with Crippen LogP contribution in [0.15, 0.2) is 12.3 Å². The smallest absolute Gasteiger partial charge is 0.340 e. The summed E-state index contributed by atoms with van der Waals surface area (Å²) in [6.07, 6.45) is -0.907. The number of hydrogen-bond donors (Lipinski definition) is 0. The molecular formula is C18H23F3N4O. The van der Waals surface area contributed by atoms with E-state index in [0.717, 1.165) is 38.1 Å². The number of amides is 1. The van der Waals surface area contributed by atoms with Crippen LogP contribution >= 0.6 is 0 Å². The van der Waals surface area contributed by atoms with Crippen LogP contribution in [0.25, 0.3) is 0 Å². The zero-order chi connectivity index (χ0) is 18.6. The number of pyridine rings is 1. The number of aromatic nitrogens is 1. The lowest BCUT2D eigenvalue weighted by Gasteiger charge is -2.51. The summed E-state index contributed by atoms with van der Waals surface area (Å²) < 4.78 is 39.6. The van der Waals surface area contributed by atoms with Gasteiger partial charge >= 0.3 is 6.18 Å². The Labute approximate surface area is 150 Å². The van der Waals surface area contributed by atoms with Gasteiger partial charge in [0.1, 0.15) is 6.04 Å². The Balaban J connectivity index is 1.77. The van der Waals surface area contributed by atoms with Crippen LogP contribution in [0, 0.1) is 0 Å². The normalized spacial score (nSPS) is 24.5. The first-order valence-electron chi connectivity index (χ1n) is 9.18. The highest BCUT2D eigenvalue weighted by Crippen LogP contribution is 2.43. The number of fused-ring (bicyclic) bond motifs is 3. The molecule has 1 unspecified atom stereocenters. The van der Waals surface area contributed by atoms with E-state index in [1.807, 2.05) is 4.90 Å². The SMILES string of the molecule is CC(C)N1CCN2c3ncc(C(F)(F)F)cc3N(C3CCC3)C(=O)C2C1. The monoisotopic (exact) mass is 368 g/mol. The predicted molar refractivity (Wildman–Crippen MR) is 92.2 cm³/mol. The lowest BCUT2D eigenvalue weighted by atomic mass is 9.89. The van der Waals surface area contributed by atoms with Gasteiger partial charge in [-0.3, -0.25) is 9.69 Å². The number of anilines is 2. The number of alkyl halides is 3. The second-order valence-electron chi connectivity index (χ2n) is 7.66. The van der Waals surface area contributed by atoms with E-state index < -0.39 is 11.7 Å². The van der Waals surface area contributed by atoms with Crippen molar-refractivity contribution in [2.45, 2.75) is 57.4 Å². The van der Waals surface area contributed by atoms with Gasteiger partial charge in [0.15, 0.2) is 5.82 Å². The second-order valence-corrected chi connectivity index (χ2v) is 7.66. The summed E-state index contributed by atoms with van der Waals surface area (Å²) in [7, 11) is 0. The average Bonchev–Trinajstić information content (AvgIpc) is 2.55. The third-order valence-corrected chi connectivity index (χ3v) is 5.81. The van der Waals surface area contributed by atoms with Crippen LogP contribution in [0.3, 0.4) is 0 Å². The number of halogens is 3. The molecule has 1 saturated carbocycles. The summed E-state index contributed by atoms with van der Waals surface area (Å²) in [6, 6.07) is 1.04. The fraction of sp³-hybridized carbons (Fsp3) is 0.667. The van der Waals surface area contributed by atoms with Gasteiger partial charge in [0.05, 0.1) is 11.3 Å². The van der Waals surface area contributed by atoms with Gasteiger partial charge in [0, 0.05) is 37.9 Å². The molecule has 26 heavy (non-hydrogen) atoms. The maximum Gasteiger partial charge on any atom is 0.417 e. The average molecular weight is 368 g/mol. The van der Waals surface area contributed by atoms with E-state index in [0.29, 0.717) is 30.6 Å². The summed E-state index contributed by atoms with van der Waals surface area (Å²) in [5.74, 6) is 0.423. The quantitative estimate of drug-likeness (QED) is 0.805. The van der Waals surface area contributed by atoms with E-state index in [1.54, 1.807) is 4.90 Å². The molecule has 1 aliphatic carbocycles. The number of nitrogens with zero attached hydrogens (tertiary/aromatic N) is 4. The molecule has 1 amide bonds. The van der Waals surface area contributed by atoms with Crippen LogP contribution in [0.5, 0.6) is 0 Å². The predicted octanol–water partition coefficient (Wildman–Crippen LogP) is 2.90. The highest BCUT2D eigenvalue weighted by Gasteiger charge is 2.46. The van der Waals surface area contributed by atoms with Crippen molar-refractivity contribution in [3.05, 3.63) is 17.8 Å². The molecule has 2 fully saturated rings. The number of carbonyl (C=O) groups excluding carboxylic acids is 1. The number of hydrogen-bond acceptors (Lipinski definition) is 4. The minimum Gasteiger partial charge on any atom is -0.340 e. The maximum absolute atomic E-state index is 13.2. The molecule has 1 atom stereocenters. The van der Waals surface area contributed by atoms with E-state index in [9.17, 15) is 18.0 Å². The zero-order valence-electron chi connectivity index (χ0n) is 15.0. The van der Waals surface area contributed by atoms with E-state index in [-0.39, 0.29) is 18.0 Å². The molecule has 4 rings (SSSR count). The van der Waals surface area contributed by atoms with Gasteiger partial charge in [-0.05, 0) is 39.2 Å². The second kappa shape index (κ2) is 6.11. The van der Waals surface area contributed by atoms with Crippen molar-refractivity contribution in [3.63, 3.8) is 0 Å². The topological polar surface area (TPSA) is 39.7 Å². The van der Waals surface area contributed by atoms with Gasteiger partial charge in [-0.25, -0.2) is 4.98 Å². The Kier molecular flexibility index (Phi) is 4.13. The lowest BCUT2D eigenvalue weighted by Crippen LogP contribution is -2.65. The van der Waals surface area contributed by atoms with Crippen LogP contribution < -0.4 is 9.80 Å². The largest absolute Gasteiger partial charge is 0.417 e. The molecule has 0 N–H and O–H groups in total. The molecule has 0 aromatic carbocycles. The number of rotatable bonds is 2. The summed E-state index contributed by atoms with van der Waals surface area (Å²) in [5, 5.41) is 0. The number of carbonyl (C=O) groups is 1. The molecule has 8 heteroatoms. The highest BCUT2D eigenvalue weighted by molar-refractivity contribution is 6.05. The molecule has 1 saturated heterocycles. The van der Waals surface area contributed by atoms with Crippen molar-refractivity contribution in [2.24, 2.45) is 0 Å². The highest BCUT2D eigenvalue weighted by atomic mass is 19.4. The Bertz CT molecular complexity index is 717. The molecule has 1 aromatic rings. The standard InChI is InChI=1S/C18H23F3N4O/c1-11(2)23-6-7-24-15(10-23)17(26)25(13-4-3-5-13)14-8-12(18(19,20)21)9-22-16(14)24/h8-9,11,13,15H,3-7,10H2,1-2H3. The lowest BCUT2D eigenvalue weighted by molar-refractivity contribution is -0.138. The minimum atomic E-state index is -4.47. The molecule has 1 aromatic heterocycles. The van der Waals surface area contributed by atoms with Gasteiger partial charge < -0.3 is 9.80 Å². The summed E-state index contributed by atoms with van der Waals surface area (Å²) in [5.41, 5.74) is -0.476. The molecule has 0 bridgehead atoms. The van der Waals surface area contributed by atoms with Crippen LogP contribution in [-0.4, -0.2) is 53.6 Å². The third-order valence-electron chi connectivity index (χ3n) is 5.81. The summed E-state index contributed by atoms with van der Waals surface area (Å²) >= 11 is 0. The van der Waals surface area contributed by atoms with Crippen LogP contribution in [0.1, 0.15) is 38.7 Å².